The molecule has 2 aromatic rings. The molecule has 0 aromatic heterocycles. The highest BCUT2D eigenvalue weighted by atomic mass is 16.5. The topological polar surface area (TPSA) is 56.8 Å². The SMILES string of the molecule is CCCCOc1ccc(NC(=O)Cc2ccc(OC)cc2OC)c(C)c1. The van der Waals surface area contributed by atoms with Gasteiger partial charge in [-0.2, -0.15) is 0 Å². The van der Waals surface area contributed by atoms with Crippen molar-refractivity contribution in [3.05, 3.63) is 47.5 Å². The van der Waals surface area contributed by atoms with Crippen LogP contribution in [0.5, 0.6) is 17.2 Å². The number of carbonyl (C=O) groups is 1. The number of carbonyl (C=O) groups excluding carboxylic acids is 1. The van der Waals surface area contributed by atoms with E-state index < -0.39 is 0 Å². The first-order chi connectivity index (χ1) is 12.6. The molecule has 0 saturated heterocycles. The van der Waals surface area contributed by atoms with Crippen LogP contribution in [-0.2, 0) is 11.2 Å². The molecule has 5 nitrogen and oxygen atoms in total. The smallest absolute Gasteiger partial charge is 0.228 e. The van der Waals surface area contributed by atoms with Gasteiger partial charge >= 0.3 is 0 Å². The minimum Gasteiger partial charge on any atom is -0.497 e. The molecular weight excluding hydrogens is 330 g/mol. The molecule has 0 bridgehead atoms. The molecule has 2 aromatic carbocycles. The van der Waals surface area contributed by atoms with E-state index in [1.807, 2.05) is 37.3 Å². The second-order valence-electron chi connectivity index (χ2n) is 6.08. The summed E-state index contributed by atoms with van der Waals surface area (Å²) < 4.78 is 16.2. The van der Waals surface area contributed by atoms with Crippen molar-refractivity contribution in [1.29, 1.82) is 0 Å². The normalized spacial score (nSPS) is 10.3. The van der Waals surface area contributed by atoms with Crippen molar-refractivity contribution >= 4 is 11.6 Å². The van der Waals surface area contributed by atoms with Crippen LogP contribution in [0, 0.1) is 6.92 Å². The fourth-order valence-corrected chi connectivity index (χ4v) is 2.57. The molecule has 26 heavy (non-hydrogen) atoms. The lowest BCUT2D eigenvalue weighted by molar-refractivity contribution is -0.115. The summed E-state index contributed by atoms with van der Waals surface area (Å²) in [5.41, 5.74) is 2.56. The van der Waals surface area contributed by atoms with Gasteiger partial charge in [-0.25, -0.2) is 0 Å². The minimum atomic E-state index is -0.101. The summed E-state index contributed by atoms with van der Waals surface area (Å²) in [5.74, 6) is 2.05. The summed E-state index contributed by atoms with van der Waals surface area (Å²) in [6.07, 6.45) is 2.35. The molecule has 0 unspecified atom stereocenters. The van der Waals surface area contributed by atoms with Crippen LogP contribution < -0.4 is 19.5 Å². The third-order valence-electron chi connectivity index (χ3n) is 4.08. The number of hydrogen-bond donors (Lipinski definition) is 1. The number of benzene rings is 2. The van der Waals surface area contributed by atoms with E-state index in [9.17, 15) is 4.79 Å². The Bertz CT molecular complexity index is 743. The second-order valence-corrected chi connectivity index (χ2v) is 6.08. The van der Waals surface area contributed by atoms with E-state index in [1.54, 1.807) is 20.3 Å². The van der Waals surface area contributed by atoms with Gasteiger partial charge in [-0.05, 0) is 43.2 Å². The molecule has 5 heteroatoms. The van der Waals surface area contributed by atoms with E-state index in [0.717, 1.165) is 35.4 Å². The summed E-state index contributed by atoms with van der Waals surface area (Å²) >= 11 is 0. The molecular formula is C21H27NO4. The predicted molar refractivity (Wildman–Crippen MR) is 103 cm³/mol. The maximum Gasteiger partial charge on any atom is 0.228 e. The number of hydrogen-bond acceptors (Lipinski definition) is 4. The largest absolute Gasteiger partial charge is 0.497 e. The van der Waals surface area contributed by atoms with Crippen LogP contribution in [0.25, 0.3) is 0 Å². The van der Waals surface area contributed by atoms with Crippen LogP contribution in [0.1, 0.15) is 30.9 Å². The van der Waals surface area contributed by atoms with Gasteiger partial charge in [-0.1, -0.05) is 19.4 Å². The second kappa shape index (κ2) is 9.70. The number of nitrogens with one attached hydrogen (secondary N) is 1. The van der Waals surface area contributed by atoms with Crippen molar-refractivity contribution in [3.8, 4) is 17.2 Å². The fraction of sp³-hybridized carbons (Fsp3) is 0.381. The highest BCUT2D eigenvalue weighted by molar-refractivity contribution is 5.93. The molecule has 0 heterocycles. The molecule has 0 atom stereocenters. The Labute approximate surface area is 155 Å². The van der Waals surface area contributed by atoms with Gasteiger partial charge in [0.15, 0.2) is 0 Å². The number of anilines is 1. The van der Waals surface area contributed by atoms with Crippen molar-refractivity contribution in [3.63, 3.8) is 0 Å². The van der Waals surface area contributed by atoms with Gasteiger partial charge in [0.05, 0.1) is 27.2 Å². The molecule has 0 saturated carbocycles. The molecule has 2 rings (SSSR count). The lowest BCUT2D eigenvalue weighted by atomic mass is 10.1. The summed E-state index contributed by atoms with van der Waals surface area (Å²) in [6, 6.07) is 11.1. The fourth-order valence-electron chi connectivity index (χ4n) is 2.57. The first kappa shape index (κ1) is 19.6. The van der Waals surface area contributed by atoms with Gasteiger partial charge in [-0.15, -0.1) is 0 Å². The lowest BCUT2D eigenvalue weighted by Gasteiger charge is -2.13. The Balaban J connectivity index is 2.01. The molecule has 0 aliphatic heterocycles. The number of ether oxygens (including phenoxy) is 3. The molecule has 1 N–H and O–H groups in total. The number of unbranched alkanes of at least 4 members (excludes halogenated alkanes) is 1. The highest BCUT2D eigenvalue weighted by Gasteiger charge is 2.11. The number of amides is 1. The van der Waals surface area contributed by atoms with Gasteiger partial charge in [0, 0.05) is 17.3 Å². The van der Waals surface area contributed by atoms with Crippen molar-refractivity contribution in [2.45, 2.75) is 33.1 Å². The molecule has 0 aliphatic rings. The number of aryl methyl sites for hydroxylation is 1. The lowest BCUT2D eigenvalue weighted by Crippen LogP contribution is -2.15. The third kappa shape index (κ3) is 5.41. The summed E-state index contributed by atoms with van der Waals surface area (Å²) in [6.45, 7) is 4.79. The van der Waals surface area contributed by atoms with E-state index >= 15 is 0 Å². The Morgan fingerprint density at radius 1 is 1.04 bits per heavy atom. The van der Waals surface area contributed by atoms with Crippen LogP contribution in [0.4, 0.5) is 5.69 Å². The molecule has 0 spiro atoms. The Hall–Kier alpha value is -2.69. The first-order valence-corrected chi connectivity index (χ1v) is 8.81. The van der Waals surface area contributed by atoms with Crippen molar-refractivity contribution in [1.82, 2.24) is 0 Å². The maximum atomic E-state index is 12.4. The Morgan fingerprint density at radius 2 is 1.81 bits per heavy atom. The number of methoxy groups -OCH3 is 2. The van der Waals surface area contributed by atoms with Crippen LogP contribution in [0.3, 0.4) is 0 Å². The van der Waals surface area contributed by atoms with Crippen LogP contribution in [0.2, 0.25) is 0 Å². The molecule has 0 aliphatic carbocycles. The molecule has 1 amide bonds. The van der Waals surface area contributed by atoms with Crippen molar-refractivity contribution in [2.24, 2.45) is 0 Å². The van der Waals surface area contributed by atoms with Crippen LogP contribution in [0.15, 0.2) is 36.4 Å². The van der Waals surface area contributed by atoms with Gasteiger partial charge in [0.25, 0.3) is 0 Å². The number of rotatable bonds is 9. The highest BCUT2D eigenvalue weighted by Crippen LogP contribution is 2.26. The molecule has 0 radical (unpaired) electrons. The Morgan fingerprint density at radius 3 is 2.46 bits per heavy atom. The van der Waals surface area contributed by atoms with Crippen LogP contribution >= 0.6 is 0 Å². The summed E-state index contributed by atoms with van der Waals surface area (Å²) in [5, 5.41) is 2.95. The van der Waals surface area contributed by atoms with Gasteiger partial charge in [0.1, 0.15) is 17.2 Å². The summed E-state index contributed by atoms with van der Waals surface area (Å²) in [4.78, 5) is 12.4. The van der Waals surface area contributed by atoms with E-state index in [4.69, 9.17) is 14.2 Å². The van der Waals surface area contributed by atoms with E-state index in [1.165, 1.54) is 0 Å². The predicted octanol–water partition coefficient (Wildman–Crippen LogP) is 4.37. The van der Waals surface area contributed by atoms with Gasteiger partial charge in [0.2, 0.25) is 5.91 Å². The third-order valence-corrected chi connectivity index (χ3v) is 4.08. The van der Waals surface area contributed by atoms with E-state index in [2.05, 4.69) is 12.2 Å². The van der Waals surface area contributed by atoms with Crippen molar-refractivity contribution < 1.29 is 19.0 Å². The van der Waals surface area contributed by atoms with Crippen molar-refractivity contribution in [2.75, 3.05) is 26.1 Å². The molecule has 140 valence electrons. The standard InChI is InChI=1S/C21H27NO4/c1-5-6-11-26-18-9-10-19(15(2)12-18)22-21(23)13-16-7-8-17(24-3)14-20(16)25-4/h7-10,12,14H,5-6,11,13H2,1-4H3,(H,22,23). The Kier molecular flexibility index (Phi) is 7.33. The van der Waals surface area contributed by atoms with E-state index in [0.29, 0.717) is 18.1 Å². The average molecular weight is 357 g/mol. The molecule has 0 fully saturated rings. The van der Waals surface area contributed by atoms with Gasteiger partial charge in [-0.3, -0.25) is 4.79 Å². The first-order valence-electron chi connectivity index (χ1n) is 8.81. The van der Waals surface area contributed by atoms with Crippen LogP contribution in [-0.4, -0.2) is 26.7 Å². The van der Waals surface area contributed by atoms with Gasteiger partial charge < -0.3 is 19.5 Å². The summed E-state index contributed by atoms with van der Waals surface area (Å²) in [7, 11) is 3.18. The quantitative estimate of drug-likeness (QED) is 0.677. The average Bonchev–Trinajstić information content (AvgIpc) is 2.64. The minimum absolute atomic E-state index is 0.101. The monoisotopic (exact) mass is 357 g/mol. The zero-order chi connectivity index (χ0) is 18.9. The zero-order valence-electron chi connectivity index (χ0n) is 15.9. The zero-order valence-corrected chi connectivity index (χ0v) is 15.9. The maximum absolute atomic E-state index is 12.4. The van der Waals surface area contributed by atoms with E-state index in [-0.39, 0.29) is 12.3 Å².